The molecule has 0 saturated heterocycles. The lowest BCUT2D eigenvalue weighted by Gasteiger charge is -2.34. The largest absolute Gasteiger partial charge is 0.493 e. The zero-order valence-electron chi connectivity index (χ0n) is 12.3. The zero-order valence-corrected chi connectivity index (χ0v) is 13.9. The van der Waals surface area contributed by atoms with Gasteiger partial charge in [0.05, 0.1) is 18.2 Å². The second kappa shape index (κ2) is 6.43. The van der Waals surface area contributed by atoms with E-state index < -0.39 is 0 Å². The van der Waals surface area contributed by atoms with E-state index in [9.17, 15) is 0 Å². The summed E-state index contributed by atoms with van der Waals surface area (Å²) >= 11 is 3.57. The standard InChI is InChI=1S/C15H23BrN2O2/c1-4-20-15(2,3)13(18-17)9-11-8-12(16)7-10-5-6-19-14(10)11/h7-8,13,18H,4-6,9,17H2,1-3H3. The Kier molecular flexibility index (Phi) is 5.07. The molecule has 0 fully saturated rings. The third-order valence-electron chi connectivity index (χ3n) is 3.81. The molecule has 0 aliphatic carbocycles. The van der Waals surface area contributed by atoms with Crippen LogP contribution in [0.25, 0.3) is 0 Å². The summed E-state index contributed by atoms with van der Waals surface area (Å²) in [5.41, 5.74) is 4.99. The first-order valence-electron chi connectivity index (χ1n) is 7.02. The average Bonchev–Trinajstić information content (AvgIpc) is 2.83. The van der Waals surface area contributed by atoms with E-state index in [0.29, 0.717) is 6.61 Å². The first-order valence-corrected chi connectivity index (χ1v) is 7.81. The molecule has 3 N–H and O–H groups in total. The van der Waals surface area contributed by atoms with Crippen molar-refractivity contribution in [2.24, 2.45) is 5.84 Å². The van der Waals surface area contributed by atoms with Gasteiger partial charge in [0.1, 0.15) is 5.75 Å². The highest BCUT2D eigenvalue weighted by atomic mass is 79.9. The number of hydrogen-bond donors (Lipinski definition) is 2. The lowest BCUT2D eigenvalue weighted by molar-refractivity contribution is -0.0381. The van der Waals surface area contributed by atoms with E-state index in [1.807, 2.05) is 6.92 Å². The number of nitrogens with one attached hydrogen (secondary N) is 1. The molecule has 1 heterocycles. The van der Waals surface area contributed by atoms with Crippen molar-refractivity contribution >= 4 is 15.9 Å². The normalized spacial score (nSPS) is 15.8. The summed E-state index contributed by atoms with van der Waals surface area (Å²) in [7, 11) is 0. The molecule has 2 rings (SSSR count). The molecule has 1 atom stereocenters. The maximum Gasteiger partial charge on any atom is 0.125 e. The first kappa shape index (κ1) is 15.8. The van der Waals surface area contributed by atoms with Gasteiger partial charge in [0.25, 0.3) is 0 Å². The molecule has 0 saturated carbocycles. The van der Waals surface area contributed by atoms with E-state index in [4.69, 9.17) is 15.3 Å². The van der Waals surface area contributed by atoms with Crippen LogP contribution >= 0.6 is 15.9 Å². The number of ether oxygens (including phenoxy) is 2. The van der Waals surface area contributed by atoms with Crippen molar-refractivity contribution in [3.8, 4) is 5.75 Å². The molecule has 112 valence electrons. The molecule has 0 aromatic heterocycles. The van der Waals surface area contributed by atoms with Crippen molar-refractivity contribution in [3.05, 3.63) is 27.7 Å². The van der Waals surface area contributed by atoms with Gasteiger partial charge in [0.2, 0.25) is 0 Å². The lowest BCUT2D eigenvalue weighted by Crippen LogP contribution is -2.52. The number of fused-ring (bicyclic) bond motifs is 1. The number of nitrogens with two attached hydrogens (primary N) is 1. The Hall–Kier alpha value is -0.620. The van der Waals surface area contributed by atoms with Gasteiger partial charge >= 0.3 is 0 Å². The molecule has 4 nitrogen and oxygen atoms in total. The molecule has 1 aliphatic rings. The summed E-state index contributed by atoms with van der Waals surface area (Å²) in [6.45, 7) is 7.53. The Bertz CT molecular complexity index is 477. The van der Waals surface area contributed by atoms with E-state index in [-0.39, 0.29) is 11.6 Å². The highest BCUT2D eigenvalue weighted by Gasteiger charge is 2.31. The smallest absolute Gasteiger partial charge is 0.125 e. The molecule has 0 spiro atoms. The second-order valence-electron chi connectivity index (χ2n) is 5.61. The van der Waals surface area contributed by atoms with Crippen molar-refractivity contribution in [1.29, 1.82) is 0 Å². The molecule has 1 aromatic carbocycles. The van der Waals surface area contributed by atoms with Crippen LogP contribution in [0, 0.1) is 0 Å². The van der Waals surface area contributed by atoms with Crippen molar-refractivity contribution in [2.45, 2.75) is 45.3 Å². The number of rotatable bonds is 6. The molecule has 20 heavy (non-hydrogen) atoms. The van der Waals surface area contributed by atoms with Crippen molar-refractivity contribution in [2.75, 3.05) is 13.2 Å². The molecule has 1 unspecified atom stereocenters. The average molecular weight is 343 g/mol. The summed E-state index contributed by atoms with van der Waals surface area (Å²) in [5.74, 6) is 6.75. The maximum atomic E-state index is 5.81. The van der Waals surface area contributed by atoms with Gasteiger partial charge in [0, 0.05) is 17.5 Å². The topological polar surface area (TPSA) is 56.5 Å². The van der Waals surface area contributed by atoms with Crippen LogP contribution in [0.1, 0.15) is 31.9 Å². The highest BCUT2D eigenvalue weighted by Crippen LogP contribution is 2.34. The van der Waals surface area contributed by atoms with Crippen molar-refractivity contribution in [3.63, 3.8) is 0 Å². The summed E-state index contributed by atoms with van der Waals surface area (Å²) in [5, 5.41) is 0. The fourth-order valence-electron chi connectivity index (χ4n) is 2.70. The number of hydrazine groups is 1. The van der Waals surface area contributed by atoms with Crippen LogP contribution in [0.15, 0.2) is 16.6 Å². The Morgan fingerprint density at radius 1 is 1.50 bits per heavy atom. The fourth-order valence-corrected chi connectivity index (χ4v) is 3.25. The predicted molar refractivity (Wildman–Crippen MR) is 83.9 cm³/mol. The molecule has 0 radical (unpaired) electrons. The Labute approximate surface area is 129 Å². The van der Waals surface area contributed by atoms with Crippen LogP contribution in [0.4, 0.5) is 0 Å². The van der Waals surface area contributed by atoms with Crippen molar-refractivity contribution in [1.82, 2.24) is 5.43 Å². The molecular formula is C15H23BrN2O2. The van der Waals surface area contributed by atoms with E-state index >= 15 is 0 Å². The Morgan fingerprint density at radius 3 is 2.90 bits per heavy atom. The second-order valence-corrected chi connectivity index (χ2v) is 6.53. The van der Waals surface area contributed by atoms with Crippen LogP contribution in [0.3, 0.4) is 0 Å². The zero-order chi connectivity index (χ0) is 14.8. The van der Waals surface area contributed by atoms with E-state index in [0.717, 1.165) is 29.7 Å². The van der Waals surface area contributed by atoms with Crippen LogP contribution in [-0.2, 0) is 17.6 Å². The molecule has 1 aromatic rings. The van der Waals surface area contributed by atoms with Gasteiger partial charge in [0.15, 0.2) is 0 Å². The Balaban J connectivity index is 2.24. The Morgan fingerprint density at radius 2 is 2.25 bits per heavy atom. The van der Waals surface area contributed by atoms with E-state index in [1.54, 1.807) is 0 Å². The predicted octanol–water partition coefficient (Wildman–Crippen LogP) is 2.57. The maximum absolute atomic E-state index is 5.81. The molecule has 0 amide bonds. The monoisotopic (exact) mass is 342 g/mol. The third kappa shape index (κ3) is 3.34. The minimum atomic E-state index is -0.336. The van der Waals surface area contributed by atoms with Gasteiger partial charge in [-0.25, -0.2) is 0 Å². The van der Waals surface area contributed by atoms with Gasteiger partial charge in [-0.05, 0) is 50.5 Å². The molecule has 0 bridgehead atoms. The minimum absolute atomic E-state index is 0.0186. The van der Waals surface area contributed by atoms with Gasteiger partial charge in [-0.3, -0.25) is 11.3 Å². The highest BCUT2D eigenvalue weighted by molar-refractivity contribution is 9.10. The van der Waals surface area contributed by atoms with Crippen molar-refractivity contribution < 1.29 is 9.47 Å². The fraction of sp³-hybridized carbons (Fsp3) is 0.600. The summed E-state index contributed by atoms with van der Waals surface area (Å²) in [6.07, 6.45) is 1.74. The van der Waals surface area contributed by atoms with Gasteiger partial charge in [-0.15, -0.1) is 0 Å². The van der Waals surface area contributed by atoms with Gasteiger partial charge in [-0.2, -0.15) is 0 Å². The quantitative estimate of drug-likeness (QED) is 0.616. The first-order chi connectivity index (χ1) is 9.47. The van der Waals surface area contributed by atoms with Crippen LogP contribution in [0.2, 0.25) is 0 Å². The van der Waals surface area contributed by atoms with Crippen LogP contribution < -0.4 is 16.0 Å². The van der Waals surface area contributed by atoms with E-state index in [2.05, 4.69) is 47.3 Å². The number of halogens is 1. The molecule has 1 aliphatic heterocycles. The van der Waals surface area contributed by atoms with Gasteiger partial charge < -0.3 is 9.47 Å². The SMILES string of the molecule is CCOC(C)(C)C(Cc1cc(Br)cc2c1OCC2)NN. The molecular weight excluding hydrogens is 320 g/mol. The number of benzene rings is 1. The minimum Gasteiger partial charge on any atom is -0.493 e. The van der Waals surface area contributed by atoms with Crippen LogP contribution in [0.5, 0.6) is 5.75 Å². The lowest BCUT2D eigenvalue weighted by atomic mass is 9.91. The van der Waals surface area contributed by atoms with Gasteiger partial charge in [-0.1, -0.05) is 15.9 Å². The summed E-state index contributed by atoms with van der Waals surface area (Å²) in [4.78, 5) is 0. The molecule has 5 heteroatoms. The number of hydrogen-bond acceptors (Lipinski definition) is 4. The summed E-state index contributed by atoms with van der Waals surface area (Å²) in [6, 6.07) is 4.26. The third-order valence-corrected chi connectivity index (χ3v) is 4.26. The summed E-state index contributed by atoms with van der Waals surface area (Å²) < 4.78 is 12.7. The van der Waals surface area contributed by atoms with Crippen LogP contribution in [-0.4, -0.2) is 24.9 Å². The van der Waals surface area contributed by atoms with E-state index in [1.165, 1.54) is 11.1 Å².